The molecule has 0 saturated heterocycles. The van der Waals surface area contributed by atoms with E-state index in [-0.39, 0.29) is 13.0 Å². The molecule has 1 N–H and O–H groups in total. The summed E-state index contributed by atoms with van der Waals surface area (Å²) in [5, 5.41) is 9.67. The van der Waals surface area contributed by atoms with Gasteiger partial charge in [0.1, 0.15) is 17.8 Å². The molecule has 1 saturated carbocycles. The highest BCUT2D eigenvalue weighted by molar-refractivity contribution is 5.97. The zero-order valence-corrected chi connectivity index (χ0v) is 9.83. The molecule has 4 nitrogen and oxygen atoms in total. The second-order valence-electron chi connectivity index (χ2n) is 4.39. The number of carbonyl (C=O) groups excluding carboxylic acids is 2. The lowest BCUT2D eigenvalue weighted by atomic mass is 9.86. The molecule has 98 valence electrons. The fourth-order valence-corrected chi connectivity index (χ4v) is 2.07. The lowest BCUT2D eigenvalue weighted by molar-refractivity contribution is -0.173. The molecule has 0 aromatic heterocycles. The minimum absolute atomic E-state index is 0.113. The first-order valence-electron chi connectivity index (χ1n) is 5.51. The highest BCUT2D eigenvalue weighted by atomic mass is 19.3. The summed E-state index contributed by atoms with van der Waals surface area (Å²) in [6.07, 6.45) is -1.22. The second-order valence-corrected chi connectivity index (χ2v) is 4.39. The summed E-state index contributed by atoms with van der Waals surface area (Å²) < 4.78 is 31.2. The standard InChI is InChI=1S/C11H16F2O4/c1-3-17-9(15)6-8(14)7-4-5-11(12,13)10(7,2)16/h7,16H,3-6H2,1-2H3/t7-,10+/m0/s1. The van der Waals surface area contributed by atoms with Gasteiger partial charge in [-0.05, 0) is 20.3 Å². The molecule has 1 aliphatic carbocycles. The summed E-state index contributed by atoms with van der Waals surface area (Å²) in [6.45, 7) is 2.65. The number of ketones is 1. The highest BCUT2D eigenvalue weighted by Gasteiger charge is 2.60. The lowest BCUT2D eigenvalue weighted by Gasteiger charge is -2.29. The molecule has 1 rings (SSSR count). The Morgan fingerprint density at radius 1 is 1.47 bits per heavy atom. The Hall–Kier alpha value is -1.04. The Balaban J connectivity index is 2.69. The van der Waals surface area contributed by atoms with E-state index in [1.807, 2.05) is 0 Å². The minimum atomic E-state index is -3.29. The van der Waals surface area contributed by atoms with Crippen molar-refractivity contribution in [3.05, 3.63) is 0 Å². The third-order valence-corrected chi connectivity index (χ3v) is 3.18. The third-order valence-electron chi connectivity index (χ3n) is 3.18. The highest BCUT2D eigenvalue weighted by Crippen LogP contribution is 2.47. The smallest absolute Gasteiger partial charge is 0.313 e. The SMILES string of the molecule is CCOC(=O)CC(=O)[C@@H]1CCC(F)(F)[C@]1(C)O. The van der Waals surface area contributed by atoms with Gasteiger partial charge in [-0.15, -0.1) is 0 Å². The Bertz CT molecular complexity index is 325. The van der Waals surface area contributed by atoms with Crippen LogP contribution in [0.2, 0.25) is 0 Å². The van der Waals surface area contributed by atoms with Crippen molar-refractivity contribution in [2.75, 3.05) is 6.61 Å². The van der Waals surface area contributed by atoms with E-state index in [2.05, 4.69) is 4.74 Å². The molecular weight excluding hydrogens is 234 g/mol. The maximum absolute atomic E-state index is 13.3. The monoisotopic (exact) mass is 250 g/mol. The molecule has 0 spiro atoms. The van der Waals surface area contributed by atoms with Crippen LogP contribution in [0, 0.1) is 5.92 Å². The van der Waals surface area contributed by atoms with Crippen molar-refractivity contribution in [1.29, 1.82) is 0 Å². The molecule has 0 aromatic rings. The predicted octanol–water partition coefficient (Wildman–Crippen LogP) is 1.30. The number of aliphatic hydroxyl groups is 1. The number of alkyl halides is 2. The summed E-state index contributed by atoms with van der Waals surface area (Å²) in [7, 11) is 0. The maximum atomic E-state index is 13.3. The fourth-order valence-electron chi connectivity index (χ4n) is 2.07. The molecular formula is C11H16F2O4. The minimum Gasteiger partial charge on any atom is -0.466 e. The van der Waals surface area contributed by atoms with E-state index < -0.39 is 42.0 Å². The van der Waals surface area contributed by atoms with Crippen molar-refractivity contribution in [1.82, 2.24) is 0 Å². The molecule has 0 amide bonds. The van der Waals surface area contributed by atoms with Crippen molar-refractivity contribution < 1.29 is 28.2 Å². The van der Waals surface area contributed by atoms with Gasteiger partial charge in [-0.25, -0.2) is 8.78 Å². The quantitative estimate of drug-likeness (QED) is 0.603. The van der Waals surface area contributed by atoms with Crippen molar-refractivity contribution in [2.24, 2.45) is 5.92 Å². The van der Waals surface area contributed by atoms with Crippen LogP contribution in [0.25, 0.3) is 0 Å². The summed E-state index contributed by atoms with van der Waals surface area (Å²) in [5.74, 6) is -5.93. The van der Waals surface area contributed by atoms with Gasteiger partial charge in [0.25, 0.3) is 5.92 Å². The number of Topliss-reactive ketones (excluding diaryl/α,β-unsaturated/α-hetero) is 1. The van der Waals surface area contributed by atoms with E-state index in [1.54, 1.807) is 6.92 Å². The third kappa shape index (κ3) is 2.62. The van der Waals surface area contributed by atoms with Gasteiger partial charge in [0.05, 0.1) is 12.5 Å². The zero-order valence-electron chi connectivity index (χ0n) is 9.83. The van der Waals surface area contributed by atoms with Gasteiger partial charge in [-0.2, -0.15) is 0 Å². The molecule has 0 radical (unpaired) electrons. The van der Waals surface area contributed by atoms with Gasteiger partial charge < -0.3 is 9.84 Å². The number of ether oxygens (including phenoxy) is 1. The topological polar surface area (TPSA) is 63.6 Å². The molecule has 0 bridgehead atoms. The summed E-state index contributed by atoms with van der Waals surface area (Å²) >= 11 is 0. The summed E-state index contributed by atoms with van der Waals surface area (Å²) in [4.78, 5) is 22.7. The number of hydrogen-bond acceptors (Lipinski definition) is 4. The number of halogens is 2. The van der Waals surface area contributed by atoms with Crippen LogP contribution in [-0.4, -0.2) is 35.0 Å². The van der Waals surface area contributed by atoms with Crippen molar-refractivity contribution >= 4 is 11.8 Å². The number of hydrogen-bond donors (Lipinski definition) is 1. The molecule has 1 fully saturated rings. The van der Waals surface area contributed by atoms with Crippen LogP contribution >= 0.6 is 0 Å². The van der Waals surface area contributed by atoms with Crippen molar-refractivity contribution in [3.8, 4) is 0 Å². The van der Waals surface area contributed by atoms with Crippen LogP contribution < -0.4 is 0 Å². The van der Waals surface area contributed by atoms with E-state index >= 15 is 0 Å². The van der Waals surface area contributed by atoms with Crippen LogP contribution in [0.1, 0.15) is 33.1 Å². The molecule has 2 atom stereocenters. The average molecular weight is 250 g/mol. The van der Waals surface area contributed by atoms with Gasteiger partial charge in [0.15, 0.2) is 0 Å². The summed E-state index contributed by atoms with van der Waals surface area (Å²) in [5.41, 5.74) is -2.38. The molecule has 1 aliphatic rings. The first-order valence-corrected chi connectivity index (χ1v) is 5.51. The van der Waals surface area contributed by atoms with Crippen LogP contribution in [0.4, 0.5) is 8.78 Å². The van der Waals surface area contributed by atoms with E-state index in [1.165, 1.54) is 0 Å². The first kappa shape index (κ1) is 14.0. The molecule has 0 aliphatic heterocycles. The molecule has 17 heavy (non-hydrogen) atoms. The van der Waals surface area contributed by atoms with Crippen molar-refractivity contribution in [2.45, 2.75) is 44.6 Å². The van der Waals surface area contributed by atoms with E-state index in [0.717, 1.165) is 6.92 Å². The Morgan fingerprint density at radius 3 is 2.47 bits per heavy atom. The van der Waals surface area contributed by atoms with Gasteiger partial charge in [-0.3, -0.25) is 9.59 Å². The number of esters is 1. The van der Waals surface area contributed by atoms with Crippen LogP contribution in [0.5, 0.6) is 0 Å². The molecule has 0 heterocycles. The van der Waals surface area contributed by atoms with E-state index in [4.69, 9.17) is 0 Å². The van der Waals surface area contributed by atoms with E-state index in [9.17, 15) is 23.5 Å². The zero-order chi connectivity index (χ0) is 13.3. The second kappa shape index (κ2) is 4.68. The van der Waals surface area contributed by atoms with Crippen LogP contribution in [-0.2, 0) is 14.3 Å². The molecule has 0 unspecified atom stereocenters. The van der Waals surface area contributed by atoms with Gasteiger partial charge in [0, 0.05) is 6.42 Å². The Kier molecular flexibility index (Phi) is 3.86. The molecule has 0 aromatic carbocycles. The predicted molar refractivity (Wildman–Crippen MR) is 54.6 cm³/mol. The Morgan fingerprint density at radius 2 is 2.06 bits per heavy atom. The Labute approximate surface area is 97.9 Å². The average Bonchev–Trinajstić information content (AvgIpc) is 2.36. The maximum Gasteiger partial charge on any atom is 0.313 e. The molecule has 6 heteroatoms. The number of rotatable bonds is 4. The first-order chi connectivity index (χ1) is 7.72. The normalized spacial score (nSPS) is 31.2. The number of carbonyl (C=O) groups is 2. The van der Waals surface area contributed by atoms with Crippen LogP contribution in [0.3, 0.4) is 0 Å². The van der Waals surface area contributed by atoms with Crippen LogP contribution in [0.15, 0.2) is 0 Å². The van der Waals surface area contributed by atoms with Gasteiger partial charge in [0.2, 0.25) is 0 Å². The van der Waals surface area contributed by atoms with Gasteiger partial charge in [-0.1, -0.05) is 0 Å². The van der Waals surface area contributed by atoms with E-state index in [0.29, 0.717) is 0 Å². The lowest BCUT2D eigenvalue weighted by Crippen LogP contribution is -2.47. The van der Waals surface area contributed by atoms with Crippen molar-refractivity contribution in [3.63, 3.8) is 0 Å². The largest absolute Gasteiger partial charge is 0.466 e. The summed E-state index contributed by atoms with van der Waals surface area (Å²) in [6, 6.07) is 0. The van der Waals surface area contributed by atoms with Gasteiger partial charge >= 0.3 is 5.97 Å². The fraction of sp³-hybridized carbons (Fsp3) is 0.818.